The number of hydrogen-bond acceptors (Lipinski definition) is 3. The van der Waals surface area contributed by atoms with Crippen LogP contribution in [0.2, 0.25) is 0 Å². The molecule has 0 aromatic heterocycles. The summed E-state index contributed by atoms with van der Waals surface area (Å²) in [5, 5.41) is 18.6. The molecule has 0 heterocycles. The molecule has 0 saturated carbocycles. The fourth-order valence-electron chi connectivity index (χ4n) is 1.83. The van der Waals surface area contributed by atoms with Crippen molar-refractivity contribution in [3.05, 3.63) is 35.9 Å². The van der Waals surface area contributed by atoms with Crippen molar-refractivity contribution in [1.82, 2.24) is 0 Å². The van der Waals surface area contributed by atoms with Crippen molar-refractivity contribution in [2.24, 2.45) is 0 Å². The quantitative estimate of drug-likeness (QED) is 0.795. The topological polar surface area (TPSA) is 66.8 Å². The van der Waals surface area contributed by atoms with Crippen molar-refractivity contribution in [1.29, 1.82) is 0 Å². The van der Waals surface area contributed by atoms with E-state index in [1.165, 1.54) is 0 Å². The van der Waals surface area contributed by atoms with Crippen LogP contribution in [0.1, 0.15) is 38.7 Å². The fourth-order valence-corrected chi connectivity index (χ4v) is 1.83. The molecule has 4 heteroatoms. The highest BCUT2D eigenvalue weighted by atomic mass is 16.5. The van der Waals surface area contributed by atoms with Crippen molar-refractivity contribution < 1.29 is 19.7 Å². The molecule has 0 aliphatic heterocycles. The molecule has 4 atom stereocenters. The smallest absolute Gasteiger partial charge is 0.332 e. The van der Waals surface area contributed by atoms with E-state index in [1.54, 1.807) is 13.8 Å². The molecule has 1 rings (SSSR count). The van der Waals surface area contributed by atoms with Crippen LogP contribution in [0, 0.1) is 0 Å². The highest BCUT2D eigenvalue weighted by Gasteiger charge is 2.25. The van der Waals surface area contributed by atoms with Crippen molar-refractivity contribution in [2.75, 3.05) is 0 Å². The molecule has 2 N–H and O–H groups in total. The number of carboxylic acids is 1. The van der Waals surface area contributed by atoms with E-state index in [0.29, 0.717) is 6.42 Å². The van der Waals surface area contributed by atoms with Crippen molar-refractivity contribution >= 4 is 5.97 Å². The van der Waals surface area contributed by atoms with Gasteiger partial charge in [-0.05, 0) is 31.7 Å². The van der Waals surface area contributed by atoms with Crippen LogP contribution in [0.25, 0.3) is 0 Å². The molecule has 19 heavy (non-hydrogen) atoms. The Labute approximate surface area is 114 Å². The van der Waals surface area contributed by atoms with E-state index < -0.39 is 24.3 Å². The number of ether oxygens (including phenoxy) is 1. The number of carboxylic acid groups (broad SMARTS) is 1. The van der Waals surface area contributed by atoms with Gasteiger partial charge in [-0.2, -0.15) is 0 Å². The Hall–Kier alpha value is -1.39. The average Bonchev–Trinajstić information content (AvgIpc) is 2.38. The maximum absolute atomic E-state index is 11.2. The lowest BCUT2D eigenvalue weighted by Crippen LogP contribution is -2.34. The van der Waals surface area contributed by atoms with Gasteiger partial charge in [0.05, 0.1) is 12.2 Å². The monoisotopic (exact) mass is 266 g/mol. The Morgan fingerprint density at radius 2 is 1.79 bits per heavy atom. The number of rotatable bonds is 7. The summed E-state index contributed by atoms with van der Waals surface area (Å²) in [5.74, 6) is -0.904. The summed E-state index contributed by atoms with van der Waals surface area (Å²) in [6.07, 6.45) is -1.70. The Balaban J connectivity index is 2.66. The summed E-state index contributed by atoms with van der Waals surface area (Å²) in [4.78, 5) is 11.2. The molecule has 0 amide bonds. The second-order valence-corrected chi connectivity index (χ2v) is 4.96. The summed E-state index contributed by atoms with van der Waals surface area (Å²) >= 11 is 0. The van der Waals surface area contributed by atoms with Crippen LogP contribution in [-0.2, 0) is 9.53 Å². The van der Waals surface area contributed by atoms with Gasteiger partial charge in [0.15, 0.2) is 6.10 Å². The van der Waals surface area contributed by atoms with Gasteiger partial charge in [0.25, 0.3) is 0 Å². The first-order valence-corrected chi connectivity index (χ1v) is 6.53. The van der Waals surface area contributed by atoms with E-state index in [-0.39, 0.29) is 5.92 Å². The predicted octanol–water partition coefficient (Wildman–Crippen LogP) is 2.42. The van der Waals surface area contributed by atoms with Gasteiger partial charge in [-0.3, -0.25) is 0 Å². The highest BCUT2D eigenvalue weighted by molar-refractivity contribution is 5.72. The first-order valence-electron chi connectivity index (χ1n) is 6.53. The zero-order valence-corrected chi connectivity index (χ0v) is 11.6. The Bertz CT molecular complexity index is 388. The van der Waals surface area contributed by atoms with Crippen LogP contribution < -0.4 is 0 Å². The van der Waals surface area contributed by atoms with Crippen molar-refractivity contribution in [3.8, 4) is 0 Å². The normalized spacial score (nSPS) is 17.5. The second kappa shape index (κ2) is 7.26. The first kappa shape index (κ1) is 15.7. The third kappa shape index (κ3) is 5.01. The molecule has 0 spiro atoms. The third-order valence-electron chi connectivity index (χ3n) is 3.27. The maximum Gasteiger partial charge on any atom is 0.332 e. The molecule has 0 fully saturated rings. The van der Waals surface area contributed by atoms with Crippen LogP contribution in [-0.4, -0.2) is 34.5 Å². The molecule has 1 aromatic rings. The molecule has 0 aliphatic rings. The van der Waals surface area contributed by atoms with E-state index in [9.17, 15) is 15.0 Å². The van der Waals surface area contributed by atoms with Gasteiger partial charge in [0, 0.05) is 0 Å². The molecule has 0 bridgehead atoms. The molecular weight excluding hydrogens is 244 g/mol. The molecule has 1 aromatic carbocycles. The number of carbonyl (C=O) groups is 1. The number of hydrogen-bond donors (Lipinski definition) is 2. The third-order valence-corrected chi connectivity index (χ3v) is 3.27. The molecule has 0 saturated heterocycles. The summed E-state index contributed by atoms with van der Waals surface area (Å²) in [7, 11) is 0. The molecular formula is C15H22O4. The SMILES string of the molecule is CC(CC(OC(C)C(C)O)C(=O)O)c1ccccc1. The molecule has 4 nitrogen and oxygen atoms in total. The number of aliphatic hydroxyl groups excluding tert-OH is 1. The predicted molar refractivity (Wildman–Crippen MR) is 73.1 cm³/mol. The lowest BCUT2D eigenvalue weighted by molar-refractivity contribution is -0.158. The van der Waals surface area contributed by atoms with Crippen LogP contribution in [0.4, 0.5) is 0 Å². The van der Waals surface area contributed by atoms with Gasteiger partial charge in [0.1, 0.15) is 0 Å². The fraction of sp³-hybridized carbons (Fsp3) is 0.533. The Morgan fingerprint density at radius 1 is 1.21 bits per heavy atom. The summed E-state index contributed by atoms with van der Waals surface area (Å²) in [5.41, 5.74) is 1.09. The Morgan fingerprint density at radius 3 is 2.26 bits per heavy atom. The van der Waals surface area contributed by atoms with Crippen molar-refractivity contribution in [2.45, 2.75) is 51.4 Å². The molecule has 4 unspecified atom stereocenters. The van der Waals surface area contributed by atoms with Gasteiger partial charge >= 0.3 is 5.97 Å². The zero-order chi connectivity index (χ0) is 14.4. The molecule has 0 aliphatic carbocycles. The first-order chi connectivity index (χ1) is 8.91. The van der Waals surface area contributed by atoms with Crippen molar-refractivity contribution in [3.63, 3.8) is 0 Å². The average molecular weight is 266 g/mol. The maximum atomic E-state index is 11.2. The van der Waals surface area contributed by atoms with E-state index in [4.69, 9.17) is 4.74 Å². The number of benzene rings is 1. The minimum atomic E-state index is -0.990. The summed E-state index contributed by atoms with van der Waals surface area (Å²) in [6.45, 7) is 5.24. The van der Waals surface area contributed by atoms with E-state index in [0.717, 1.165) is 5.56 Å². The van der Waals surface area contributed by atoms with Gasteiger partial charge in [-0.15, -0.1) is 0 Å². The van der Waals surface area contributed by atoms with Gasteiger partial charge < -0.3 is 14.9 Å². The van der Waals surface area contributed by atoms with Crippen LogP contribution in [0.5, 0.6) is 0 Å². The van der Waals surface area contributed by atoms with Crippen LogP contribution >= 0.6 is 0 Å². The Kier molecular flexibility index (Phi) is 5.99. The van der Waals surface area contributed by atoms with Crippen LogP contribution in [0.15, 0.2) is 30.3 Å². The lowest BCUT2D eigenvalue weighted by Gasteiger charge is -2.23. The number of aliphatic carboxylic acids is 1. The number of aliphatic hydroxyl groups is 1. The highest BCUT2D eigenvalue weighted by Crippen LogP contribution is 2.22. The largest absolute Gasteiger partial charge is 0.479 e. The minimum absolute atomic E-state index is 0.0866. The minimum Gasteiger partial charge on any atom is -0.479 e. The standard InChI is InChI=1S/C15H22O4/c1-10(13-7-5-4-6-8-13)9-14(15(17)18)19-12(3)11(2)16/h4-8,10-12,14,16H,9H2,1-3H3,(H,17,18). The molecule has 0 radical (unpaired) electrons. The van der Waals surface area contributed by atoms with Crippen LogP contribution in [0.3, 0.4) is 0 Å². The molecule has 106 valence electrons. The summed E-state index contributed by atoms with van der Waals surface area (Å²) in [6, 6.07) is 9.74. The van der Waals surface area contributed by atoms with E-state index >= 15 is 0 Å². The van der Waals surface area contributed by atoms with Gasteiger partial charge in [-0.25, -0.2) is 4.79 Å². The van der Waals surface area contributed by atoms with E-state index in [2.05, 4.69) is 0 Å². The van der Waals surface area contributed by atoms with E-state index in [1.807, 2.05) is 37.3 Å². The zero-order valence-electron chi connectivity index (χ0n) is 11.6. The lowest BCUT2D eigenvalue weighted by atomic mass is 9.95. The van der Waals surface area contributed by atoms with Gasteiger partial charge in [0.2, 0.25) is 0 Å². The summed E-state index contributed by atoms with van der Waals surface area (Å²) < 4.78 is 5.42. The van der Waals surface area contributed by atoms with Gasteiger partial charge in [-0.1, -0.05) is 37.3 Å². The second-order valence-electron chi connectivity index (χ2n) is 4.96.